The Bertz CT molecular complexity index is 1930. The summed E-state index contributed by atoms with van der Waals surface area (Å²) in [7, 11) is 1.90. The zero-order valence-corrected chi connectivity index (χ0v) is 27.7. The van der Waals surface area contributed by atoms with Crippen molar-refractivity contribution in [3.05, 3.63) is 130 Å². The largest absolute Gasteiger partial charge is 0.416 e. The molecular formula is C36H36F4N6OS. The van der Waals surface area contributed by atoms with Crippen LogP contribution < -0.4 is 5.56 Å². The van der Waals surface area contributed by atoms with Crippen molar-refractivity contribution in [3.8, 4) is 0 Å². The minimum absolute atomic E-state index is 0.263. The Hall–Kier alpha value is -4.45. The van der Waals surface area contributed by atoms with Crippen LogP contribution >= 0.6 is 11.8 Å². The number of imidazole rings is 1. The first-order chi connectivity index (χ1) is 22.8. The molecule has 0 amide bonds. The van der Waals surface area contributed by atoms with Crippen LogP contribution in [0.25, 0.3) is 5.57 Å². The van der Waals surface area contributed by atoms with Crippen LogP contribution in [0.5, 0.6) is 0 Å². The molecule has 2 atom stereocenters. The second-order valence-corrected chi connectivity index (χ2v) is 14.1. The zero-order valence-electron chi connectivity index (χ0n) is 26.9. The number of hydrogen-bond donors (Lipinski definition) is 0. The summed E-state index contributed by atoms with van der Waals surface area (Å²) in [4.78, 5) is 22.5. The fourth-order valence-corrected chi connectivity index (χ4v) is 7.03. The Morgan fingerprint density at radius 1 is 1.00 bits per heavy atom. The van der Waals surface area contributed by atoms with E-state index >= 15 is 0 Å². The summed E-state index contributed by atoms with van der Waals surface area (Å²) in [6, 6.07) is 11.5. The standard InChI is InChI=1S/C36H36F4N6OS/c1-34(14-12-27(13-15-34)26-6-8-29(9-7-26)36(38,39)40)24-45-17-16-41-31(45)20-46-19-28(18-35(2)22-42-44(3)23-35)32(47)43-33(46)48-21-25-4-10-30(37)11-5-25/h4-14,16-17,19,22H,15,18,20-21,23-24H2,1-3H3. The second-order valence-electron chi connectivity index (χ2n) is 13.2. The number of aromatic nitrogens is 4. The van der Waals surface area contributed by atoms with Crippen LogP contribution in [0.2, 0.25) is 0 Å². The van der Waals surface area contributed by atoms with Crippen LogP contribution in [0, 0.1) is 16.6 Å². The van der Waals surface area contributed by atoms with Crippen molar-refractivity contribution in [2.75, 3.05) is 13.6 Å². The molecule has 250 valence electrons. The van der Waals surface area contributed by atoms with Crippen molar-refractivity contribution in [1.29, 1.82) is 0 Å². The van der Waals surface area contributed by atoms with Gasteiger partial charge in [0.15, 0.2) is 5.16 Å². The molecule has 3 heterocycles. The van der Waals surface area contributed by atoms with Gasteiger partial charge in [-0.3, -0.25) is 9.80 Å². The molecule has 1 aliphatic carbocycles. The molecule has 0 radical (unpaired) electrons. The summed E-state index contributed by atoms with van der Waals surface area (Å²) in [6.45, 7) is 5.89. The van der Waals surface area contributed by atoms with Crippen LogP contribution in [-0.4, -0.2) is 43.9 Å². The average Bonchev–Trinajstić information content (AvgIpc) is 3.62. The second kappa shape index (κ2) is 13.2. The predicted octanol–water partition coefficient (Wildman–Crippen LogP) is 7.47. The highest BCUT2D eigenvalue weighted by Gasteiger charge is 2.32. The van der Waals surface area contributed by atoms with Crippen molar-refractivity contribution < 1.29 is 17.6 Å². The van der Waals surface area contributed by atoms with Crippen LogP contribution in [-0.2, 0) is 31.4 Å². The molecule has 2 aliphatic rings. The van der Waals surface area contributed by atoms with E-state index in [9.17, 15) is 22.4 Å². The van der Waals surface area contributed by atoms with Gasteiger partial charge in [0, 0.05) is 67.1 Å². The first-order valence-corrected chi connectivity index (χ1v) is 16.6. The van der Waals surface area contributed by atoms with Crippen LogP contribution in [0.1, 0.15) is 48.3 Å². The Balaban J connectivity index is 1.22. The first-order valence-electron chi connectivity index (χ1n) is 15.6. The lowest BCUT2D eigenvalue weighted by molar-refractivity contribution is -0.137. The lowest BCUT2D eigenvalue weighted by Gasteiger charge is -2.29. The topological polar surface area (TPSA) is 68.3 Å². The van der Waals surface area contributed by atoms with Gasteiger partial charge in [0.2, 0.25) is 0 Å². The number of hydrogen-bond acceptors (Lipinski definition) is 6. The molecule has 4 aromatic rings. The monoisotopic (exact) mass is 676 g/mol. The Morgan fingerprint density at radius 2 is 1.75 bits per heavy atom. The van der Waals surface area contributed by atoms with Gasteiger partial charge in [-0.25, -0.2) is 9.37 Å². The van der Waals surface area contributed by atoms with Crippen LogP contribution in [0.4, 0.5) is 17.6 Å². The number of halogens is 4. The summed E-state index contributed by atoms with van der Waals surface area (Å²) in [6.07, 6.45) is 10.4. The molecule has 12 heteroatoms. The van der Waals surface area contributed by atoms with Gasteiger partial charge in [-0.15, -0.1) is 0 Å². The van der Waals surface area contributed by atoms with Crippen molar-refractivity contribution >= 4 is 23.5 Å². The maximum absolute atomic E-state index is 13.5. The summed E-state index contributed by atoms with van der Waals surface area (Å²) in [5, 5.41) is 6.78. The Labute approximate surface area is 280 Å². The number of alkyl halides is 3. The maximum Gasteiger partial charge on any atom is 0.416 e. The van der Waals surface area contributed by atoms with Gasteiger partial charge in [0.1, 0.15) is 11.6 Å². The zero-order chi connectivity index (χ0) is 34.1. The van der Waals surface area contributed by atoms with Gasteiger partial charge < -0.3 is 9.13 Å². The highest BCUT2D eigenvalue weighted by Crippen LogP contribution is 2.36. The van der Waals surface area contributed by atoms with Crippen LogP contribution in [0.15, 0.2) is 100 Å². The molecule has 2 unspecified atom stereocenters. The minimum Gasteiger partial charge on any atom is -0.333 e. The molecule has 0 fully saturated rings. The molecular weight excluding hydrogens is 640 g/mol. The third kappa shape index (κ3) is 7.81. The summed E-state index contributed by atoms with van der Waals surface area (Å²) in [5.74, 6) is 0.986. The number of nitrogens with zero attached hydrogens (tertiary/aromatic N) is 6. The van der Waals surface area contributed by atoms with E-state index in [0.717, 1.165) is 34.7 Å². The Kier molecular flexibility index (Phi) is 9.21. The Morgan fingerprint density at radius 3 is 2.40 bits per heavy atom. The van der Waals surface area contributed by atoms with Crippen molar-refractivity contribution in [1.82, 2.24) is 24.1 Å². The highest BCUT2D eigenvalue weighted by atomic mass is 32.2. The fourth-order valence-electron chi connectivity index (χ4n) is 6.11. The third-order valence-electron chi connectivity index (χ3n) is 8.71. The van der Waals surface area contributed by atoms with Gasteiger partial charge in [0.05, 0.1) is 12.1 Å². The quantitative estimate of drug-likeness (QED) is 0.0991. The van der Waals surface area contributed by atoms with Crippen LogP contribution in [0.3, 0.4) is 0 Å². The summed E-state index contributed by atoms with van der Waals surface area (Å²) in [5.41, 5.74) is 1.60. The average molecular weight is 677 g/mol. The van der Waals surface area contributed by atoms with E-state index in [2.05, 4.69) is 45.6 Å². The molecule has 48 heavy (non-hydrogen) atoms. The number of rotatable bonds is 10. The third-order valence-corrected chi connectivity index (χ3v) is 9.77. The number of allylic oxidation sites excluding steroid dienone is 4. The highest BCUT2D eigenvalue weighted by molar-refractivity contribution is 7.98. The SMILES string of the molecule is CN1CC(C)(Cc2cn(Cc3nccn3CC3(C)C=CC(c4ccc(C(F)(F)F)cc4)=CC3)c(SCc3ccc(F)cc3)nc2=O)C=N1. The normalized spacial score (nSPS) is 20.8. The number of benzene rings is 2. The molecule has 2 aromatic carbocycles. The number of hydrazone groups is 1. The van der Waals surface area contributed by atoms with Gasteiger partial charge >= 0.3 is 6.18 Å². The van der Waals surface area contributed by atoms with Crippen molar-refractivity contribution in [3.63, 3.8) is 0 Å². The van der Waals surface area contributed by atoms with Gasteiger partial charge in [-0.05, 0) is 53.8 Å². The number of thioether (sulfide) groups is 1. The smallest absolute Gasteiger partial charge is 0.333 e. The summed E-state index contributed by atoms with van der Waals surface area (Å²) < 4.78 is 56.6. The van der Waals surface area contributed by atoms with Gasteiger partial charge in [-0.1, -0.05) is 68.1 Å². The van der Waals surface area contributed by atoms with E-state index in [1.54, 1.807) is 18.3 Å². The summed E-state index contributed by atoms with van der Waals surface area (Å²) >= 11 is 1.41. The molecule has 0 saturated heterocycles. The van der Waals surface area contributed by atoms with E-state index in [1.165, 1.54) is 36.0 Å². The van der Waals surface area contributed by atoms with Gasteiger partial charge in [-0.2, -0.15) is 23.3 Å². The van der Waals surface area contributed by atoms with Crippen molar-refractivity contribution in [2.24, 2.45) is 15.9 Å². The van der Waals surface area contributed by atoms with Gasteiger partial charge in [0.25, 0.3) is 5.56 Å². The lowest BCUT2D eigenvalue weighted by Crippen LogP contribution is -2.31. The first kappa shape index (κ1) is 33.5. The van der Waals surface area contributed by atoms with E-state index in [4.69, 9.17) is 0 Å². The molecule has 0 N–H and O–H groups in total. The van der Waals surface area contributed by atoms with E-state index < -0.39 is 11.7 Å². The maximum atomic E-state index is 13.5. The molecule has 0 spiro atoms. The lowest BCUT2D eigenvalue weighted by atomic mass is 9.80. The molecule has 1 aliphatic heterocycles. The molecule has 7 nitrogen and oxygen atoms in total. The fraction of sp³-hybridized carbons (Fsp3) is 0.333. The molecule has 0 saturated carbocycles. The van der Waals surface area contributed by atoms with E-state index in [1.807, 2.05) is 41.3 Å². The molecule has 2 aromatic heterocycles. The molecule has 0 bridgehead atoms. The molecule has 6 rings (SSSR count). The van der Waals surface area contributed by atoms with E-state index in [-0.39, 0.29) is 22.2 Å². The van der Waals surface area contributed by atoms with Crippen molar-refractivity contribution in [2.45, 2.75) is 56.9 Å². The minimum atomic E-state index is -4.37. The van der Waals surface area contributed by atoms with E-state index in [0.29, 0.717) is 48.9 Å². The predicted molar refractivity (Wildman–Crippen MR) is 180 cm³/mol.